The number of nitrogens with one attached hydrogen (secondary N) is 1. The fourth-order valence-electron chi connectivity index (χ4n) is 2.48. The van der Waals surface area contributed by atoms with Gasteiger partial charge in [0.15, 0.2) is 0 Å². The Hall–Kier alpha value is -2.52. The van der Waals surface area contributed by atoms with Crippen molar-refractivity contribution in [3.63, 3.8) is 0 Å². The van der Waals surface area contributed by atoms with Crippen LogP contribution < -0.4 is 10.3 Å². The second-order valence-electron chi connectivity index (χ2n) is 6.01. The maximum absolute atomic E-state index is 12.3. The topological polar surface area (TPSA) is 107 Å². The van der Waals surface area contributed by atoms with Crippen LogP contribution in [0, 0.1) is 0 Å². The third-order valence-electron chi connectivity index (χ3n) is 4.08. The Balaban J connectivity index is 1.64. The molecule has 0 aliphatic heterocycles. The lowest BCUT2D eigenvalue weighted by Crippen LogP contribution is -2.32. The van der Waals surface area contributed by atoms with Crippen molar-refractivity contribution in [1.82, 2.24) is 14.5 Å². The number of carbonyl (C=O) groups excluding carboxylic acids is 1. The van der Waals surface area contributed by atoms with E-state index >= 15 is 0 Å². The molecule has 0 spiro atoms. The highest BCUT2D eigenvalue weighted by molar-refractivity contribution is 7.89. The lowest BCUT2D eigenvalue weighted by molar-refractivity contribution is 0.0600. The minimum absolute atomic E-state index is 0.0252. The quantitative estimate of drug-likeness (QED) is 0.718. The van der Waals surface area contributed by atoms with Gasteiger partial charge >= 0.3 is 5.97 Å². The van der Waals surface area contributed by atoms with Gasteiger partial charge in [-0.05, 0) is 43.2 Å². The summed E-state index contributed by atoms with van der Waals surface area (Å²) in [4.78, 5) is 23.3. The number of rotatable bonds is 7. The average Bonchev–Trinajstić information content (AvgIpc) is 3.48. The van der Waals surface area contributed by atoms with Crippen molar-refractivity contribution < 1.29 is 17.9 Å². The molecular weight excluding hydrogens is 358 g/mol. The van der Waals surface area contributed by atoms with Crippen molar-refractivity contribution in [1.29, 1.82) is 0 Å². The number of benzene rings is 1. The normalized spacial score (nSPS) is 14.2. The Morgan fingerprint density at radius 3 is 2.54 bits per heavy atom. The molecule has 0 saturated heterocycles. The number of sulfonamides is 1. The lowest BCUT2D eigenvalue weighted by atomic mass is 10.2. The summed E-state index contributed by atoms with van der Waals surface area (Å²) in [6.45, 7) is 0.168. The molecule has 1 aromatic heterocycles. The summed E-state index contributed by atoms with van der Waals surface area (Å²) in [6, 6.07) is 8.60. The Morgan fingerprint density at radius 1 is 1.23 bits per heavy atom. The minimum Gasteiger partial charge on any atom is -0.465 e. The van der Waals surface area contributed by atoms with Gasteiger partial charge in [0.2, 0.25) is 10.0 Å². The van der Waals surface area contributed by atoms with E-state index < -0.39 is 16.0 Å². The predicted molar refractivity (Wildman–Crippen MR) is 93.4 cm³/mol. The van der Waals surface area contributed by atoms with Gasteiger partial charge in [-0.1, -0.05) is 0 Å². The SMILES string of the molecule is COC(=O)c1ccc(S(=O)(=O)NCCn2nc(C3CC3)ccc2=O)cc1. The molecule has 2 aromatic rings. The number of methoxy groups -OCH3 is 1. The Kier molecular flexibility index (Phi) is 5.19. The summed E-state index contributed by atoms with van der Waals surface area (Å²) >= 11 is 0. The van der Waals surface area contributed by atoms with E-state index in [1.807, 2.05) is 0 Å². The van der Waals surface area contributed by atoms with Gasteiger partial charge < -0.3 is 4.74 Å². The number of aromatic nitrogens is 2. The molecule has 0 unspecified atom stereocenters. The third-order valence-corrected chi connectivity index (χ3v) is 5.56. The highest BCUT2D eigenvalue weighted by Gasteiger charge is 2.25. The first-order valence-electron chi connectivity index (χ1n) is 8.17. The second-order valence-corrected chi connectivity index (χ2v) is 7.77. The first kappa shape index (κ1) is 18.3. The number of esters is 1. The van der Waals surface area contributed by atoms with Gasteiger partial charge in [-0.3, -0.25) is 4.79 Å². The van der Waals surface area contributed by atoms with Crippen LogP contribution in [0.4, 0.5) is 0 Å². The number of hydrogen-bond donors (Lipinski definition) is 1. The number of carbonyl (C=O) groups is 1. The second kappa shape index (κ2) is 7.38. The van der Waals surface area contributed by atoms with E-state index in [0.29, 0.717) is 5.92 Å². The molecule has 1 saturated carbocycles. The molecule has 1 aliphatic rings. The molecule has 26 heavy (non-hydrogen) atoms. The van der Waals surface area contributed by atoms with E-state index in [1.54, 1.807) is 6.07 Å². The van der Waals surface area contributed by atoms with Crippen LogP contribution >= 0.6 is 0 Å². The smallest absolute Gasteiger partial charge is 0.337 e. The minimum atomic E-state index is -3.75. The van der Waals surface area contributed by atoms with Gasteiger partial charge in [-0.15, -0.1) is 0 Å². The molecule has 0 radical (unpaired) electrons. The summed E-state index contributed by atoms with van der Waals surface area (Å²) < 4.78 is 32.9. The van der Waals surface area contributed by atoms with Crippen LogP contribution in [0.3, 0.4) is 0 Å². The van der Waals surface area contributed by atoms with Gasteiger partial charge in [-0.25, -0.2) is 22.6 Å². The molecule has 0 amide bonds. The van der Waals surface area contributed by atoms with Gasteiger partial charge in [0, 0.05) is 18.5 Å². The highest BCUT2D eigenvalue weighted by atomic mass is 32.2. The van der Waals surface area contributed by atoms with Crippen LogP contribution in [-0.4, -0.2) is 37.8 Å². The van der Waals surface area contributed by atoms with E-state index in [2.05, 4.69) is 14.6 Å². The van der Waals surface area contributed by atoms with Crippen LogP contribution in [0.5, 0.6) is 0 Å². The summed E-state index contributed by atoms with van der Waals surface area (Å²) in [5.41, 5.74) is 0.862. The van der Waals surface area contributed by atoms with Crippen LogP contribution in [-0.2, 0) is 21.3 Å². The fourth-order valence-corrected chi connectivity index (χ4v) is 3.50. The van der Waals surface area contributed by atoms with Gasteiger partial charge in [0.1, 0.15) is 0 Å². The van der Waals surface area contributed by atoms with E-state index in [0.717, 1.165) is 18.5 Å². The molecule has 1 aromatic carbocycles. The molecule has 9 heteroatoms. The molecule has 1 fully saturated rings. The molecule has 1 aliphatic carbocycles. The van der Waals surface area contributed by atoms with Crippen molar-refractivity contribution in [2.24, 2.45) is 0 Å². The van der Waals surface area contributed by atoms with Crippen molar-refractivity contribution in [3.05, 3.63) is 58.0 Å². The Morgan fingerprint density at radius 2 is 1.92 bits per heavy atom. The average molecular weight is 377 g/mol. The van der Waals surface area contributed by atoms with Crippen LogP contribution in [0.1, 0.15) is 34.8 Å². The molecular formula is C17H19N3O5S. The van der Waals surface area contributed by atoms with Crippen LogP contribution in [0.25, 0.3) is 0 Å². The first-order chi connectivity index (χ1) is 12.4. The third kappa shape index (κ3) is 4.17. The zero-order valence-corrected chi connectivity index (χ0v) is 15.0. The molecule has 1 N–H and O–H groups in total. The summed E-state index contributed by atoms with van der Waals surface area (Å²) in [6.07, 6.45) is 2.14. The van der Waals surface area contributed by atoms with Gasteiger partial charge in [0.05, 0.1) is 29.8 Å². The number of ether oxygens (including phenoxy) is 1. The van der Waals surface area contributed by atoms with Crippen molar-refractivity contribution in [2.45, 2.75) is 30.2 Å². The molecule has 1 heterocycles. The van der Waals surface area contributed by atoms with E-state index in [1.165, 1.54) is 42.1 Å². The monoisotopic (exact) mass is 377 g/mol. The van der Waals surface area contributed by atoms with Crippen molar-refractivity contribution in [3.8, 4) is 0 Å². The summed E-state index contributed by atoms with van der Waals surface area (Å²) in [5.74, 6) is -0.130. The fraction of sp³-hybridized carbons (Fsp3) is 0.353. The summed E-state index contributed by atoms with van der Waals surface area (Å²) in [7, 11) is -2.50. The van der Waals surface area contributed by atoms with E-state index in [-0.39, 0.29) is 29.1 Å². The van der Waals surface area contributed by atoms with Crippen LogP contribution in [0.2, 0.25) is 0 Å². The van der Waals surface area contributed by atoms with Crippen molar-refractivity contribution in [2.75, 3.05) is 13.7 Å². The van der Waals surface area contributed by atoms with Crippen LogP contribution in [0.15, 0.2) is 46.1 Å². The van der Waals surface area contributed by atoms with Crippen molar-refractivity contribution >= 4 is 16.0 Å². The Labute approximate surface area is 150 Å². The zero-order valence-electron chi connectivity index (χ0n) is 14.2. The Bertz CT molecular complexity index is 963. The molecule has 0 atom stereocenters. The number of nitrogens with zero attached hydrogens (tertiary/aromatic N) is 2. The zero-order chi connectivity index (χ0) is 18.7. The summed E-state index contributed by atoms with van der Waals surface area (Å²) in [5, 5.41) is 4.28. The first-order valence-corrected chi connectivity index (χ1v) is 9.65. The van der Waals surface area contributed by atoms with E-state index in [9.17, 15) is 18.0 Å². The predicted octanol–water partition coefficient (Wildman–Crippen LogP) is 0.886. The van der Waals surface area contributed by atoms with Gasteiger partial charge in [-0.2, -0.15) is 5.10 Å². The molecule has 0 bridgehead atoms. The highest BCUT2D eigenvalue weighted by Crippen LogP contribution is 2.38. The lowest BCUT2D eigenvalue weighted by Gasteiger charge is -2.09. The van der Waals surface area contributed by atoms with E-state index in [4.69, 9.17) is 0 Å². The maximum atomic E-state index is 12.3. The van der Waals surface area contributed by atoms with Gasteiger partial charge in [0.25, 0.3) is 5.56 Å². The number of hydrogen-bond acceptors (Lipinski definition) is 6. The standard InChI is InChI=1S/C17H19N3O5S/c1-25-17(22)13-4-6-14(7-5-13)26(23,24)18-10-11-20-16(21)9-8-15(19-20)12-2-3-12/h4-9,12,18H,2-3,10-11H2,1H3. The largest absolute Gasteiger partial charge is 0.465 e. The maximum Gasteiger partial charge on any atom is 0.337 e. The molecule has 3 rings (SSSR count). The molecule has 8 nitrogen and oxygen atoms in total. The molecule has 138 valence electrons.